The van der Waals surface area contributed by atoms with E-state index in [4.69, 9.17) is 5.10 Å². The third-order valence-electron chi connectivity index (χ3n) is 4.81. The number of aromatic nitrogens is 5. The monoisotopic (exact) mass is 379 g/mol. The highest BCUT2D eigenvalue weighted by Crippen LogP contribution is 2.24. The van der Waals surface area contributed by atoms with E-state index in [1.165, 1.54) is 4.68 Å². The van der Waals surface area contributed by atoms with Crippen LogP contribution in [0.1, 0.15) is 5.56 Å². The van der Waals surface area contributed by atoms with E-state index in [1.807, 2.05) is 83.7 Å². The molecule has 0 radical (unpaired) electrons. The molecule has 2 aromatic heterocycles. The van der Waals surface area contributed by atoms with Gasteiger partial charge >= 0.3 is 0 Å². The molecule has 0 atom stereocenters. The number of hydrogen-bond acceptors (Lipinski definition) is 4. The highest BCUT2D eigenvalue weighted by atomic mass is 16.1. The molecular formula is C23H17N5O. The first-order valence-corrected chi connectivity index (χ1v) is 9.31. The van der Waals surface area contributed by atoms with Crippen molar-refractivity contribution in [3.8, 4) is 16.9 Å². The van der Waals surface area contributed by atoms with Crippen LogP contribution in [0.15, 0.2) is 95.9 Å². The molecule has 6 heteroatoms. The summed E-state index contributed by atoms with van der Waals surface area (Å²) >= 11 is 0. The Morgan fingerprint density at radius 3 is 2.28 bits per heavy atom. The molecule has 5 rings (SSSR count). The van der Waals surface area contributed by atoms with Gasteiger partial charge in [0.1, 0.15) is 5.52 Å². The topological polar surface area (TPSA) is 65.6 Å². The standard InChI is InChI=1S/C23H17N5O/c29-23-20-13-7-8-14-21(20)24-26-28(23)16-18-15-27(19-11-5-2-6-12-19)25-22(18)17-9-3-1-4-10-17/h1-15H,16H2. The highest BCUT2D eigenvalue weighted by molar-refractivity contribution is 5.76. The van der Waals surface area contributed by atoms with Crippen LogP contribution >= 0.6 is 0 Å². The van der Waals surface area contributed by atoms with Crippen molar-refractivity contribution in [2.45, 2.75) is 6.54 Å². The Kier molecular flexibility index (Phi) is 4.22. The summed E-state index contributed by atoms with van der Waals surface area (Å²) in [4.78, 5) is 12.9. The van der Waals surface area contributed by atoms with Gasteiger partial charge in [-0.2, -0.15) is 5.10 Å². The van der Waals surface area contributed by atoms with Gasteiger partial charge in [0, 0.05) is 17.3 Å². The second kappa shape index (κ2) is 7.16. The Morgan fingerprint density at radius 2 is 1.48 bits per heavy atom. The van der Waals surface area contributed by atoms with Crippen molar-refractivity contribution in [2.75, 3.05) is 0 Å². The average Bonchev–Trinajstić information content (AvgIpc) is 3.21. The summed E-state index contributed by atoms with van der Waals surface area (Å²) < 4.78 is 3.22. The summed E-state index contributed by atoms with van der Waals surface area (Å²) in [7, 11) is 0. The van der Waals surface area contributed by atoms with Gasteiger partial charge in [-0.1, -0.05) is 65.9 Å². The number of hydrogen-bond donors (Lipinski definition) is 0. The lowest BCUT2D eigenvalue weighted by Crippen LogP contribution is -2.24. The molecule has 0 saturated carbocycles. The first kappa shape index (κ1) is 17.1. The first-order chi connectivity index (χ1) is 14.3. The molecule has 0 unspecified atom stereocenters. The van der Waals surface area contributed by atoms with Crippen molar-refractivity contribution in [1.82, 2.24) is 24.8 Å². The van der Waals surface area contributed by atoms with Crippen LogP contribution in [0.4, 0.5) is 0 Å². The molecule has 29 heavy (non-hydrogen) atoms. The third kappa shape index (κ3) is 3.21. The molecule has 0 fully saturated rings. The Bertz CT molecular complexity index is 1340. The predicted molar refractivity (Wildman–Crippen MR) is 112 cm³/mol. The zero-order chi connectivity index (χ0) is 19.6. The Balaban J connectivity index is 1.63. The summed E-state index contributed by atoms with van der Waals surface area (Å²) in [6, 6.07) is 27.1. The zero-order valence-corrected chi connectivity index (χ0v) is 15.5. The Morgan fingerprint density at radius 1 is 0.793 bits per heavy atom. The van der Waals surface area contributed by atoms with Crippen molar-refractivity contribution < 1.29 is 0 Å². The lowest BCUT2D eigenvalue weighted by molar-refractivity contribution is 0.601. The average molecular weight is 379 g/mol. The number of para-hydroxylation sites is 1. The van der Waals surface area contributed by atoms with E-state index >= 15 is 0 Å². The van der Waals surface area contributed by atoms with Crippen molar-refractivity contribution in [2.24, 2.45) is 0 Å². The van der Waals surface area contributed by atoms with Gasteiger partial charge in [-0.25, -0.2) is 9.36 Å². The maximum atomic E-state index is 12.9. The van der Waals surface area contributed by atoms with E-state index in [0.717, 1.165) is 22.5 Å². The number of rotatable bonds is 4. The molecule has 0 saturated heterocycles. The van der Waals surface area contributed by atoms with Gasteiger partial charge in [0.05, 0.1) is 23.3 Å². The minimum atomic E-state index is -0.165. The van der Waals surface area contributed by atoms with Crippen LogP contribution < -0.4 is 5.56 Å². The van der Waals surface area contributed by atoms with Crippen LogP contribution in [-0.4, -0.2) is 24.8 Å². The molecule has 0 spiro atoms. The lowest BCUT2D eigenvalue weighted by Gasteiger charge is -2.05. The van der Waals surface area contributed by atoms with Gasteiger partial charge in [-0.3, -0.25) is 4.79 Å². The quantitative estimate of drug-likeness (QED) is 0.478. The molecule has 2 heterocycles. The highest BCUT2D eigenvalue weighted by Gasteiger charge is 2.15. The van der Waals surface area contributed by atoms with Crippen molar-refractivity contribution in [1.29, 1.82) is 0 Å². The van der Waals surface area contributed by atoms with Gasteiger partial charge in [-0.05, 0) is 24.3 Å². The fourth-order valence-electron chi connectivity index (χ4n) is 3.37. The van der Waals surface area contributed by atoms with E-state index in [9.17, 15) is 4.79 Å². The molecular weight excluding hydrogens is 362 g/mol. The van der Waals surface area contributed by atoms with E-state index in [-0.39, 0.29) is 12.1 Å². The zero-order valence-electron chi connectivity index (χ0n) is 15.5. The van der Waals surface area contributed by atoms with Crippen LogP contribution in [0, 0.1) is 0 Å². The van der Waals surface area contributed by atoms with E-state index in [2.05, 4.69) is 10.3 Å². The summed E-state index contributed by atoms with van der Waals surface area (Å²) in [6.45, 7) is 0.285. The fourth-order valence-corrected chi connectivity index (χ4v) is 3.37. The minimum absolute atomic E-state index is 0.165. The van der Waals surface area contributed by atoms with Gasteiger partial charge in [-0.15, -0.1) is 5.10 Å². The molecule has 0 aliphatic rings. The van der Waals surface area contributed by atoms with Crippen LogP contribution in [0.3, 0.4) is 0 Å². The smallest absolute Gasteiger partial charge is 0.267 e. The van der Waals surface area contributed by atoms with Crippen LogP contribution in [0.25, 0.3) is 27.8 Å². The largest absolute Gasteiger partial charge is 0.277 e. The third-order valence-corrected chi connectivity index (χ3v) is 4.81. The minimum Gasteiger partial charge on any atom is -0.267 e. The molecule has 0 N–H and O–H groups in total. The van der Waals surface area contributed by atoms with Crippen LogP contribution in [-0.2, 0) is 6.54 Å². The molecule has 3 aromatic carbocycles. The summed E-state index contributed by atoms with van der Waals surface area (Å²) in [5, 5.41) is 13.7. The van der Waals surface area contributed by atoms with Crippen LogP contribution in [0.2, 0.25) is 0 Å². The molecule has 0 bridgehead atoms. The number of benzene rings is 3. The second-order valence-electron chi connectivity index (χ2n) is 6.72. The predicted octanol–water partition coefficient (Wildman–Crippen LogP) is 3.69. The molecule has 5 aromatic rings. The van der Waals surface area contributed by atoms with Gasteiger partial charge in [0.15, 0.2) is 0 Å². The summed E-state index contributed by atoms with van der Waals surface area (Å²) in [6.07, 6.45) is 1.95. The van der Waals surface area contributed by atoms with Gasteiger partial charge in [0.25, 0.3) is 5.56 Å². The molecule has 6 nitrogen and oxygen atoms in total. The Labute approximate surface area is 166 Å². The molecule has 0 aliphatic carbocycles. The molecule has 140 valence electrons. The van der Waals surface area contributed by atoms with Gasteiger partial charge < -0.3 is 0 Å². The van der Waals surface area contributed by atoms with Crippen molar-refractivity contribution in [3.05, 3.63) is 107 Å². The van der Waals surface area contributed by atoms with Crippen molar-refractivity contribution >= 4 is 10.9 Å². The number of nitrogens with zero attached hydrogens (tertiary/aromatic N) is 5. The number of fused-ring (bicyclic) bond motifs is 1. The Hall–Kier alpha value is -4.06. The van der Waals surface area contributed by atoms with E-state index < -0.39 is 0 Å². The SMILES string of the molecule is O=c1c2ccccc2nnn1Cc1cn(-c2ccccc2)nc1-c1ccccc1. The van der Waals surface area contributed by atoms with Crippen LogP contribution in [0.5, 0.6) is 0 Å². The normalized spacial score (nSPS) is 11.0. The summed E-state index contributed by atoms with van der Waals surface area (Å²) in [5.41, 5.74) is 4.08. The van der Waals surface area contributed by atoms with Gasteiger partial charge in [0.2, 0.25) is 0 Å². The second-order valence-corrected chi connectivity index (χ2v) is 6.72. The maximum Gasteiger partial charge on any atom is 0.277 e. The van der Waals surface area contributed by atoms with Crippen molar-refractivity contribution in [3.63, 3.8) is 0 Å². The van der Waals surface area contributed by atoms with E-state index in [0.29, 0.717) is 10.9 Å². The fraction of sp³-hybridized carbons (Fsp3) is 0.0435. The van der Waals surface area contributed by atoms with E-state index in [1.54, 1.807) is 12.1 Å². The lowest BCUT2D eigenvalue weighted by atomic mass is 10.1. The molecule has 0 aliphatic heterocycles. The first-order valence-electron chi connectivity index (χ1n) is 9.31. The summed E-state index contributed by atoms with van der Waals surface area (Å²) in [5.74, 6) is 0. The maximum absolute atomic E-state index is 12.9. The molecule has 0 amide bonds.